The van der Waals surface area contributed by atoms with E-state index in [1.165, 1.54) is 18.1 Å². The average molecular weight is 449 g/mol. The molecule has 32 heavy (non-hydrogen) atoms. The van der Waals surface area contributed by atoms with Crippen LogP contribution in [0.5, 0.6) is 0 Å². The Labute approximate surface area is 192 Å². The van der Waals surface area contributed by atoms with E-state index in [4.69, 9.17) is 16.3 Å². The second-order valence-corrected chi connectivity index (χ2v) is 10.3. The summed E-state index contributed by atoms with van der Waals surface area (Å²) < 4.78 is 5.58. The Morgan fingerprint density at radius 1 is 1.09 bits per heavy atom. The molecular weight excluding hydrogens is 424 g/mol. The van der Waals surface area contributed by atoms with Crippen LogP contribution in [0.2, 0.25) is 5.02 Å². The second kappa shape index (κ2) is 7.94. The van der Waals surface area contributed by atoms with Crippen LogP contribution in [-0.2, 0) is 19.7 Å². The van der Waals surface area contributed by atoms with Crippen molar-refractivity contribution in [3.8, 4) is 6.07 Å². The summed E-state index contributed by atoms with van der Waals surface area (Å²) in [5, 5.41) is 12.3. The van der Waals surface area contributed by atoms with E-state index in [1.807, 2.05) is 12.1 Å². The van der Waals surface area contributed by atoms with Crippen LogP contribution in [-0.4, -0.2) is 18.5 Å². The van der Waals surface area contributed by atoms with Crippen molar-refractivity contribution in [2.75, 3.05) is 11.9 Å². The summed E-state index contributed by atoms with van der Waals surface area (Å²) in [6.07, 6.45) is 5.96. The van der Waals surface area contributed by atoms with Gasteiger partial charge in [0.15, 0.2) is 6.61 Å². The van der Waals surface area contributed by atoms with Crippen LogP contribution < -0.4 is 5.32 Å². The lowest BCUT2D eigenvalue weighted by atomic mass is 9.43. The minimum Gasteiger partial charge on any atom is -0.455 e. The van der Waals surface area contributed by atoms with E-state index in [0.717, 1.165) is 32.1 Å². The molecule has 0 radical (unpaired) electrons. The van der Waals surface area contributed by atoms with Gasteiger partial charge in [0, 0.05) is 5.02 Å². The Morgan fingerprint density at radius 2 is 1.81 bits per heavy atom. The van der Waals surface area contributed by atoms with Gasteiger partial charge in [-0.1, -0.05) is 41.9 Å². The molecule has 0 saturated heterocycles. The fourth-order valence-electron chi connectivity index (χ4n) is 6.82. The normalized spacial score (nSPS) is 29.9. The van der Waals surface area contributed by atoms with Crippen molar-refractivity contribution in [1.29, 1.82) is 5.26 Å². The number of rotatable bonds is 5. The summed E-state index contributed by atoms with van der Waals surface area (Å²) in [5.74, 6) is 0.332. The molecule has 164 valence electrons. The second-order valence-electron chi connectivity index (χ2n) is 9.81. The molecule has 4 aliphatic rings. The first kappa shape index (κ1) is 21.0. The maximum atomic E-state index is 13.3. The van der Waals surface area contributed by atoms with Crippen LogP contribution in [0.25, 0.3) is 0 Å². The molecule has 2 unspecified atom stereocenters. The summed E-state index contributed by atoms with van der Waals surface area (Å²) in [4.78, 5) is 25.8. The van der Waals surface area contributed by atoms with Crippen molar-refractivity contribution in [2.24, 2.45) is 17.3 Å². The molecule has 4 aliphatic carbocycles. The quantitative estimate of drug-likeness (QED) is 0.635. The lowest BCUT2D eigenvalue weighted by molar-refractivity contribution is -0.175. The molecule has 6 heteroatoms. The molecule has 6 rings (SSSR count). The highest BCUT2D eigenvalue weighted by molar-refractivity contribution is 6.31. The number of nitrogens with zero attached hydrogens (tertiary/aromatic N) is 1. The van der Waals surface area contributed by atoms with E-state index >= 15 is 0 Å². The topological polar surface area (TPSA) is 79.2 Å². The zero-order valence-electron chi connectivity index (χ0n) is 17.8. The largest absolute Gasteiger partial charge is 0.455 e. The fourth-order valence-corrected chi connectivity index (χ4v) is 6.99. The first-order chi connectivity index (χ1) is 15.4. The van der Waals surface area contributed by atoms with Gasteiger partial charge in [-0.05, 0) is 79.5 Å². The highest BCUT2D eigenvalue weighted by Crippen LogP contribution is 2.66. The Balaban J connectivity index is 1.29. The van der Waals surface area contributed by atoms with Crippen molar-refractivity contribution in [1.82, 2.24) is 0 Å². The van der Waals surface area contributed by atoms with Crippen LogP contribution in [0.15, 0.2) is 48.5 Å². The summed E-state index contributed by atoms with van der Waals surface area (Å²) in [5.41, 5.74) is 1.48. The van der Waals surface area contributed by atoms with Gasteiger partial charge in [-0.3, -0.25) is 9.59 Å². The predicted octanol–water partition coefficient (Wildman–Crippen LogP) is 5.23. The SMILES string of the molecule is N#Cc1ccc(Cl)cc1NC(=O)COC(=O)C12C[C@H]3C[C@@H](C1)CC(c1ccccc1)(C3)C2. The fraction of sp³-hybridized carbons (Fsp3) is 0.423. The van der Waals surface area contributed by atoms with Gasteiger partial charge in [0.1, 0.15) is 6.07 Å². The van der Waals surface area contributed by atoms with E-state index in [0.29, 0.717) is 28.1 Å². The van der Waals surface area contributed by atoms with Gasteiger partial charge in [-0.2, -0.15) is 5.26 Å². The molecule has 1 N–H and O–H groups in total. The minimum absolute atomic E-state index is 0.0368. The van der Waals surface area contributed by atoms with Gasteiger partial charge in [-0.25, -0.2) is 0 Å². The summed E-state index contributed by atoms with van der Waals surface area (Å²) in [6, 6.07) is 17.2. The van der Waals surface area contributed by atoms with E-state index in [2.05, 4.69) is 29.6 Å². The van der Waals surface area contributed by atoms with Crippen molar-refractivity contribution in [3.63, 3.8) is 0 Å². The van der Waals surface area contributed by atoms with E-state index < -0.39 is 11.3 Å². The zero-order valence-corrected chi connectivity index (χ0v) is 18.5. The molecule has 0 spiro atoms. The van der Waals surface area contributed by atoms with Gasteiger partial charge >= 0.3 is 5.97 Å². The average Bonchev–Trinajstić information content (AvgIpc) is 2.77. The number of anilines is 1. The third-order valence-corrected chi connectivity index (χ3v) is 7.83. The van der Waals surface area contributed by atoms with Gasteiger partial charge in [-0.15, -0.1) is 0 Å². The van der Waals surface area contributed by atoms with Crippen LogP contribution in [0, 0.1) is 28.6 Å². The summed E-state index contributed by atoms with van der Waals surface area (Å²) in [6.45, 7) is -0.369. The molecule has 2 aromatic rings. The Hall–Kier alpha value is -2.84. The monoisotopic (exact) mass is 448 g/mol. The van der Waals surface area contributed by atoms with Crippen LogP contribution in [0.1, 0.15) is 49.7 Å². The lowest BCUT2D eigenvalue weighted by Crippen LogP contribution is -2.57. The van der Waals surface area contributed by atoms with Gasteiger partial charge in [0.05, 0.1) is 16.7 Å². The number of halogens is 1. The van der Waals surface area contributed by atoms with Crippen molar-refractivity contribution >= 4 is 29.2 Å². The third-order valence-electron chi connectivity index (χ3n) is 7.59. The van der Waals surface area contributed by atoms with Gasteiger partial charge in [0.2, 0.25) is 0 Å². The number of esters is 1. The van der Waals surface area contributed by atoms with E-state index in [9.17, 15) is 14.9 Å². The number of hydrogen-bond acceptors (Lipinski definition) is 4. The number of nitrogens with one attached hydrogen (secondary N) is 1. The molecule has 4 fully saturated rings. The molecule has 0 heterocycles. The first-order valence-corrected chi connectivity index (χ1v) is 11.5. The van der Waals surface area contributed by atoms with Crippen molar-refractivity contribution < 1.29 is 14.3 Å². The highest BCUT2D eigenvalue weighted by atomic mass is 35.5. The number of carbonyl (C=O) groups excluding carboxylic acids is 2. The number of hydrogen-bond donors (Lipinski definition) is 1. The smallest absolute Gasteiger partial charge is 0.312 e. The molecule has 4 bridgehead atoms. The van der Waals surface area contributed by atoms with Crippen molar-refractivity contribution in [3.05, 3.63) is 64.7 Å². The number of amides is 1. The molecule has 0 aromatic heterocycles. The van der Waals surface area contributed by atoms with Gasteiger partial charge in [0.25, 0.3) is 5.91 Å². The van der Waals surface area contributed by atoms with Crippen molar-refractivity contribution in [2.45, 2.75) is 43.9 Å². The summed E-state index contributed by atoms with van der Waals surface area (Å²) in [7, 11) is 0. The Kier molecular flexibility index (Phi) is 5.22. The molecular formula is C26H25ClN2O3. The first-order valence-electron chi connectivity index (χ1n) is 11.1. The number of nitriles is 1. The zero-order chi connectivity index (χ0) is 22.3. The van der Waals surface area contributed by atoms with Crippen LogP contribution >= 0.6 is 11.6 Å². The molecule has 4 atom stereocenters. The Morgan fingerprint density at radius 3 is 2.50 bits per heavy atom. The highest BCUT2D eigenvalue weighted by Gasteiger charge is 2.61. The standard InChI is InChI=1S/C26H25ClN2O3/c27-21-7-6-19(14-28)22(9-21)29-23(30)15-32-24(31)26-12-17-8-18(13-26)11-25(10-17,16-26)20-4-2-1-3-5-20/h1-7,9,17-18H,8,10-13,15-16H2,(H,29,30)/t17-,18+,25?,26?. The lowest BCUT2D eigenvalue weighted by Gasteiger charge is -2.61. The maximum Gasteiger partial charge on any atom is 0.312 e. The number of benzene rings is 2. The van der Waals surface area contributed by atoms with Crippen LogP contribution in [0.4, 0.5) is 5.69 Å². The molecule has 5 nitrogen and oxygen atoms in total. The number of carbonyl (C=O) groups is 2. The predicted molar refractivity (Wildman–Crippen MR) is 121 cm³/mol. The molecule has 1 amide bonds. The molecule has 2 aromatic carbocycles. The number of ether oxygens (including phenoxy) is 1. The summed E-state index contributed by atoms with van der Waals surface area (Å²) >= 11 is 5.98. The molecule has 0 aliphatic heterocycles. The molecule has 4 saturated carbocycles. The van der Waals surface area contributed by atoms with Crippen LogP contribution in [0.3, 0.4) is 0 Å². The van der Waals surface area contributed by atoms with Gasteiger partial charge < -0.3 is 10.1 Å². The van der Waals surface area contributed by atoms with E-state index in [-0.39, 0.29) is 18.0 Å². The Bertz CT molecular complexity index is 1090. The minimum atomic E-state index is -0.506. The maximum absolute atomic E-state index is 13.3. The third kappa shape index (κ3) is 3.67. The van der Waals surface area contributed by atoms with E-state index in [1.54, 1.807) is 12.1 Å².